The summed E-state index contributed by atoms with van der Waals surface area (Å²) in [6.07, 6.45) is 0. The van der Waals surface area contributed by atoms with Crippen LogP contribution in [0.15, 0.2) is 18.2 Å². The third-order valence-corrected chi connectivity index (χ3v) is 3.48. The van der Waals surface area contributed by atoms with Crippen molar-refractivity contribution in [3.05, 3.63) is 29.3 Å². The first-order valence-electron chi connectivity index (χ1n) is 6.04. The second-order valence-electron chi connectivity index (χ2n) is 5.05. The zero-order valence-corrected chi connectivity index (χ0v) is 10.9. The third kappa shape index (κ3) is 1.82. The summed E-state index contributed by atoms with van der Waals surface area (Å²) in [5, 5.41) is 12.1. The van der Waals surface area contributed by atoms with Crippen LogP contribution in [0.4, 0.5) is 5.69 Å². The van der Waals surface area contributed by atoms with Gasteiger partial charge in [-0.2, -0.15) is 5.26 Å². The van der Waals surface area contributed by atoms with Gasteiger partial charge in [-0.05, 0) is 32.4 Å². The monoisotopic (exact) mass is 243 g/mol. The van der Waals surface area contributed by atoms with Crippen molar-refractivity contribution in [3.8, 4) is 6.07 Å². The number of hydrogen-bond acceptors (Lipinski definition) is 3. The van der Waals surface area contributed by atoms with Crippen molar-refractivity contribution in [2.45, 2.75) is 26.3 Å². The second-order valence-corrected chi connectivity index (χ2v) is 5.05. The van der Waals surface area contributed by atoms with Crippen LogP contribution in [0.2, 0.25) is 0 Å². The SMILES string of the molecule is Cc1cccc(C#N)c1N1CCNC(=O)C1(C)C. The number of carbonyl (C=O) groups excluding carboxylic acids is 1. The van der Waals surface area contributed by atoms with Gasteiger partial charge in [0.05, 0.1) is 11.3 Å². The molecule has 0 spiro atoms. The average molecular weight is 243 g/mol. The lowest BCUT2D eigenvalue weighted by atomic mass is 9.95. The van der Waals surface area contributed by atoms with E-state index in [1.807, 2.05) is 37.8 Å². The quantitative estimate of drug-likeness (QED) is 0.814. The van der Waals surface area contributed by atoms with E-state index in [1.165, 1.54) is 0 Å². The highest BCUT2D eigenvalue weighted by Gasteiger charge is 2.39. The second kappa shape index (κ2) is 4.34. The molecule has 18 heavy (non-hydrogen) atoms. The number of hydrogen-bond donors (Lipinski definition) is 1. The molecule has 2 rings (SSSR count). The van der Waals surface area contributed by atoms with Gasteiger partial charge in [0, 0.05) is 13.1 Å². The van der Waals surface area contributed by atoms with Crippen molar-refractivity contribution in [3.63, 3.8) is 0 Å². The van der Waals surface area contributed by atoms with Crippen LogP contribution in [0.5, 0.6) is 0 Å². The van der Waals surface area contributed by atoms with Crippen LogP contribution in [-0.2, 0) is 4.79 Å². The van der Waals surface area contributed by atoms with E-state index >= 15 is 0 Å². The van der Waals surface area contributed by atoms with Gasteiger partial charge in [-0.3, -0.25) is 4.79 Å². The Hall–Kier alpha value is -2.02. The van der Waals surface area contributed by atoms with Crippen molar-refractivity contribution in [1.82, 2.24) is 5.32 Å². The minimum Gasteiger partial charge on any atom is -0.354 e. The number of anilines is 1. The molecule has 1 N–H and O–H groups in total. The van der Waals surface area contributed by atoms with Crippen LogP contribution in [0, 0.1) is 18.3 Å². The smallest absolute Gasteiger partial charge is 0.245 e. The van der Waals surface area contributed by atoms with E-state index in [4.69, 9.17) is 0 Å². The van der Waals surface area contributed by atoms with Crippen molar-refractivity contribution >= 4 is 11.6 Å². The van der Waals surface area contributed by atoms with Gasteiger partial charge in [0.2, 0.25) is 5.91 Å². The fraction of sp³-hybridized carbons (Fsp3) is 0.429. The number of nitrogens with one attached hydrogen (secondary N) is 1. The summed E-state index contributed by atoms with van der Waals surface area (Å²) in [4.78, 5) is 14.0. The summed E-state index contributed by atoms with van der Waals surface area (Å²) < 4.78 is 0. The van der Waals surface area contributed by atoms with E-state index in [2.05, 4.69) is 11.4 Å². The highest BCUT2D eigenvalue weighted by atomic mass is 16.2. The molecule has 4 heteroatoms. The highest BCUT2D eigenvalue weighted by Crippen LogP contribution is 2.31. The Balaban J connectivity index is 2.55. The molecular formula is C14H17N3O. The number of benzene rings is 1. The number of para-hydroxylation sites is 1. The van der Waals surface area contributed by atoms with Crippen molar-refractivity contribution in [1.29, 1.82) is 5.26 Å². The standard InChI is InChI=1S/C14H17N3O/c1-10-5-4-6-11(9-15)12(10)17-8-7-16-13(18)14(17,2)3/h4-6H,7-8H2,1-3H3,(H,16,18). The highest BCUT2D eigenvalue weighted by molar-refractivity contribution is 5.91. The molecule has 1 amide bonds. The summed E-state index contributed by atoms with van der Waals surface area (Å²) in [5.41, 5.74) is 1.89. The number of nitrogens with zero attached hydrogens (tertiary/aromatic N) is 2. The maximum atomic E-state index is 12.0. The molecule has 1 aromatic carbocycles. The molecule has 1 aliphatic heterocycles. The summed E-state index contributed by atoms with van der Waals surface area (Å²) in [6.45, 7) is 7.07. The third-order valence-electron chi connectivity index (χ3n) is 3.48. The molecular weight excluding hydrogens is 226 g/mol. The number of rotatable bonds is 1. The van der Waals surface area contributed by atoms with E-state index < -0.39 is 5.54 Å². The molecule has 0 aliphatic carbocycles. The fourth-order valence-electron chi connectivity index (χ4n) is 2.40. The molecule has 1 aromatic rings. The number of carbonyl (C=O) groups is 1. The Morgan fingerprint density at radius 3 is 2.83 bits per heavy atom. The van der Waals surface area contributed by atoms with E-state index in [-0.39, 0.29) is 5.91 Å². The maximum absolute atomic E-state index is 12.0. The molecule has 94 valence electrons. The molecule has 0 aromatic heterocycles. The van der Waals surface area contributed by atoms with Gasteiger partial charge in [0.1, 0.15) is 11.6 Å². The molecule has 1 heterocycles. The predicted molar refractivity (Wildman–Crippen MR) is 70.3 cm³/mol. The van der Waals surface area contributed by atoms with Gasteiger partial charge in [0.15, 0.2) is 0 Å². The molecule has 4 nitrogen and oxygen atoms in total. The Morgan fingerprint density at radius 1 is 1.44 bits per heavy atom. The van der Waals surface area contributed by atoms with Gasteiger partial charge < -0.3 is 10.2 Å². The minimum atomic E-state index is -0.629. The van der Waals surface area contributed by atoms with E-state index in [9.17, 15) is 10.1 Å². The minimum absolute atomic E-state index is 0.000827. The number of piperazine rings is 1. The largest absolute Gasteiger partial charge is 0.354 e. The van der Waals surface area contributed by atoms with Gasteiger partial charge in [-0.15, -0.1) is 0 Å². The topological polar surface area (TPSA) is 56.1 Å². The van der Waals surface area contributed by atoms with Crippen LogP contribution in [0.25, 0.3) is 0 Å². The zero-order chi connectivity index (χ0) is 13.3. The summed E-state index contributed by atoms with van der Waals surface area (Å²) in [6, 6.07) is 7.85. The normalized spacial score (nSPS) is 18.1. The van der Waals surface area contributed by atoms with Crippen molar-refractivity contribution < 1.29 is 4.79 Å². The van der Waals surface area contributed by atoms with Crippen LogP contribution in [0.1, 0.15) is 25.0 Å². The fourth-order valence-corrected chi connectivity index (χ4v) is 2.40. The molecule has 0 radical (unpaired) electrons. The van der Waals surface area contributed by atoms with Gasteiger partial charge in [-0.25, -0.2) is 0 Å². The van der Waals surface area contributed by atoms with Gasteiger partial charge in [0.25, 0.3) is 0 Å². The molecule has 0 unspecified atom stereocenters. The number of nitriles is 1. The van der Waals surface area contributed by atoms with Crippen LogP contribution in [-0.4, -0.2) is 24.5 Å². The summed E-state index contributed by atoms with van der Waals surface area (Å²) >= 11 is 0. The van der Waals surface area contributed by atoms with Gasteiger partial charge in [-0.1, -0.05) is 12.1 Å². The first kappa shape index (κ1) is 12.4. The number of amides is 1. The first-order valence-corrected chi connectivity index (χ1v) is 6.04. The summed E-state index contributed by atoms with van der Waals surface area (Å²) in [5.74, 6) is 0.000827. The van der Waals surface area contributed by atoms with Crippen LogP contribution in [0.3, 0.4) is 0 Å². The summed E-state index contributed by atoms with van der Waals surface area (Å²) in [7, 11) is 0. The molecule has 0 bridgehead atoms. The maximum Gasteiger partial charge on any atom is 0.245 e. The number of aryl methyl sites for hydroxylation is 1. The molecule has 0 atom stereocenters. The molecule has 1 fully saturated rings. The van der Waals surface area contributed by atoms with Crippen molar-refractivity contribution in [2.24, 2.45) is 0 Å². The lowest BCUT2D eigenvalue weighted by Gasteiger charge is -2.43. The van der Waals surface area contributed by atoms with E-state index in [1.54, 1.807) is 6.07 Å². The first-order chi connectivity index (χ1) is 8.48. The average Bonchev–Trinajstić information content (AvgIpc) is 2.33. The van der Waals surface area contributed by atoms with Gasteiger partial charge >= 0.3 is 0 Å². The lowest BCUT2D eigenvalue weighted by molar-refractivity contribution is -0.126. The Kier molecular flexibility index (Phi) is 3.00. The van der Waals surface area contributed by atoms with Crippen LogP contribution < -0.4 is 10.2 Å². The van der Waals surface area contributed by atoms with E-state index in [0.29, 0.717) is 12.1 Å². The molecule has 1 aliphatic rings. The Labute approximate surface area is 107 Å². The zero-order valence-electron chi connectivity index (χ0n) is 10.9. The Bertz CT molecular complexity index is 528. The molecule has 0 saturated carbocycles. The lowest BCUT2D eigenvalue weighted by Crippen LogP contribution is -2.62. The van der Waals surface area contributed by atoms with E-state index in [0.717, 1.165) is 17.8 Å². The van der Waals surface area contributed by atoms with Crippen molar-refractivity contribution in [2.75, 3.05) is 18.0 Å². The predicted octanol–water partition coefficient (Wildman–Crippen LogP) is 1.58. The Morgan fingerprint density at radius 2 is 2.17 bits per heavy atom. The van der Waals surface area contributed by atoms with Crippen LogP contribution >= 0.6 is 0 Å². The molecule has 1 saturated heterocycles.